The summed E-state index contributed by atoms with van der Waals surface area (Å²) < 4.78 is 1.69. The van der Waals surface area contributed by atoms with Gasteiger partial charge in [-0.15, -0.1) is 0 Å². The van der Waals surface area contributed by atoms with Crippen LogP contribution in [0.4, 0.5) is 11.4 Å². The summed E-state index contributed by atoms with van der Waals surface area (Å²) in [5, 5.41) is 10.7. The lowest BCUT2D eigenvalue weighted by Gasteiger charge is -2.16. The van der Waals surface area contributed by atoms with E-state index in [1.54, 1.807) is 17.1 Å². The Hall–Kier alpha value is -3.86. The molecule has 4 rings (SSSR count). The molecule has 0 aliphatic rings. The van der Waals surface area contributed by atoms with E-state index >= 15 is 0 Å². The maximum Gasteiger partial charge on any atom is 0.258 e. The Bertz CT molecular complexity index is 1070. The molecule has 0 aliphatic carbocycles. The second-order valence-electron chi connectivity index (χ2n) is 6.82. The monoisotopic (exact) mass is 382 g/mol. The maximum atomic E-state index is 12.5. The number of anilines is 2. The molecule has 1 atom stereocenters. The van der Waals surface area contributed by atoms with Gasteiger partial charge >= 0.3 is 0 Å². The average Bonchev–Trinajstić information content (AvgIpc) is 3.27. The number of benzene rings is 3. The van der Waals surface area contributed by atoms with Gasteiger partial charge in [-0.25, -0.2) is 4.68 Å². The summed E-state index contributed by atoms with van der Waals surface area (Å²) in [6.45, 7) is 2.12. The third-order valence-electron chi connectivity index (χ3n) is 4.69. The minimum atomic E-state index is -0.189. The first-order chi connectivity index (χ1) is 14.2. The van der Waals surface area contributed by atoms with Gasteiger partial charge < -0.3 is 10.6 Å². The van der Waals surface area contributed by atoms with Crippen molar-refractivity contribution < 1.29 is 4.79 Å². The summed E-state index contributed by atoms with van der Waals surface area (Å²) in [5.41, 5.74) is 4.38. The largest absolute Gasteiger partial charge is 0.379 e. The summed E-state index contributed by atoms with van der Waals surface area (Å²) in [4.78, 5) is 12.5. The van der Waals surface area contributed by atoms with Gasteiger partial charge in [0.25, 0.3) is 5.91 Å². The molecule has 2 N–H and O–H groups in total. The molecule has 1 unspecified atom stereocenters. The highest BCUT2D eigenvalue weighted by atomic mass is 16.1. The molecule has 0 fully saturated rings. The quantitative estimate of drug-likeness (QED) is 0.476. The van der Waals surface area contributed by atoms with Crippen LogP contribution in [0, 0.1) is 0 Å². The highest BCUT2D eigenvalue weighted by Gasteiger charge is 2.10. The molecule has 1 heterocycles. The number of aromatic nitrogens is 2. The van der Waals surface area contributed by atoms with Crippen molar-refractivity contribution in [2.45, 2.75) is 13.0 Å². The third-order valence-corrected chi connectivity index (χ3v) is 4.69. The highest BCUT2D eigenvalue weighted by Crippen LogP contribution is 2.21. The summed E-state index contributed by atoms with van der Waals surface area (Å²) in [6.07, 6.45) is 3.29. The van der Waals surface area contributed by atoms with Crippen molar-refractivity contribution in [2.24, 2.45) is 0 Å². The van der Waals surface area contributed by atoms with E-state index in [9.17, 15) is 4.79 Å². The second-order valence-corrected chi connectivity index (χ2v) is 6.82. The fourth-order valence-electron chi connectivity index (χ4n) is 3.09. The van der Waals surface area contributed by atoms with Crippen LogP contribution in [0.1, 0.15) is 28.9 Å². The number of amides is 1. The van der Waals surface area contributed by atoms with E-state index in [0.29, 0.717) is 5.56 Å². The van der Waals surface area contributed by atoms with Gasteiger partial charge in [-0.1, -0.05) is 48.5 Å². The van der Waals surface area contributed by atoms with Crippen molar-refractivity contribution >= 4 is 17.3 Å². The summed E-state index contributed by atoms with van der Waals surface area (Å²) >= 11 is 0. The zero-order valence-electron chi connectivity index (χ0n) is 16.1. The lowest BCUT2D eigenvalue weighted by Crippen LogP contribution is -2.11. The number of nitrogens with one attached hydrogen (secondary N) is 2. The molecule has 0 bridgehead atoms. The third kappa shape index (κ3) is 4.52. The van der Waals surface area contributed by atoms with Crippen LogP contribution >= 0.6 is 0 Å². The van der Waals surface area contributed by atoms with Gasteiger partial charge in [0.2, 0.25) is 0 Å². The zero-order valence-corrected chi connectivity index (χ0v) is 16.1. The molecule has 5 nitrogen and oxygen atoms in total. The molecule has 4 aromatic rings. The minimum absolute atomic E-state index is 0.189. The molecule has 29 heavy (non-hydrogen) atoms. The van der Waals surface area contributed by atoms with Gasteiger partial charge in [-0.3, -0.25) is 4.79 Å². The Kier molecular flexibility index (Phi) is 5.38. The van der Waals surface area contributed by atoms with Crippen LogP contribution in [0.3, 0.4) is 0 Å². The Labute approximate surface area is 170 Å². The van der Waals surface area contributed by atoms with Crippen LogP contribution < -0.4 is 10.6 Å². The first kappa shape index (κ1) is 18.5. The van der Waals surface area contributed by atoms with Gasteiger partial charge in [0.1, 0.15) is 0 Å². The number of hydrogen-bond acceptors (Lipinski definition) is 3. The summed E-state index contributed by atoms with van der Waals surface area (Å²) in [7, 11) is 0. The van der Waals surface area contributed by atoms with Gasteiger partial charge in [-0.2, -0.15) is 5.10 Å². The maximum absolute atomic E-state index is 12.5. The molecule has 5 heteroatoms. The van der Waals surface area contributed by atoms with Crippen LogP contribution in [0.2, 0.25) is 0 Å². The van der Waals surface area contributed by atoms with E-state index in [1.165, 1.54) is 5.56 Å². The SMILES string of the molecule is CC(Nc1ccc(NC(=O)c2cnn(-c3ccccc3)c2)cc1)c1ccccc1. The number of rotatable bonds is 6. The average molecular weight is 382 g/mol. The van der Waals surface area contributed by atoms with Crippen molar-refractivity contribution in [2.75, 3.05) is 10.6 Å². The molecule has 0 radical (unpaired) electrons. The Morgan fingerprint density at radius 2 is 1.48 bits per heavy atom. The molecule has 1 aromatic heterocycles. The van der Waals surface area contributed by atoms with Gasteiger partial charge in [0.15, 0.2) is 0 Å². The smallest absolute Gasteiger partial charge is 0.258 e. The Morgan fingerprint density at radius 3 is 2.17 bits per heavy atom. The van der Waals surface area contributed by atoms with Crippen molar-refractivity contribution in [3.63, 3.8) is 0 Å². The molecule has 0 spiro atoms. The van der Waals surface area contributed by atoms with E-state index in [-0.39, 0.29) is 11.9 Å². The fourth-order valence-corrected chi connectivity index (χ4v) is 3.09. The number of carbonyl (C=O) groups excluding carboxylic acids is 1. The van der Waals surface area contributed by atoms with Crippen LogP contribution in [0.5, 0.6) is 0 Å². The predicted molar refractivity (Wildman–Crippen MR) is 116 cm³/mol. The number of hydrogen-bond donors (Lipinski definition) is 2. The second kappa shape index (κ2) is 8.44. The van der Waals surface area contributed by atoms with E-state index in [2.05, 4.69) is 34.8 Å². The van der Waals surface area contributed by atoms with E-state index in [4.69, 9.17) is 0 Å². The summed E-state index contributed by atoms with van der Waals surface area (Å²) in [6, 6.07) is 27.9. The molecule has 3 aromatic carbocycles. The van der Waals surface area contributed by atoms with Crippen molar-refractivity contribution in [1.29, 1.82) is 0 Å². The standard InChI is InChI=1S/C24H22N4O/c1-18(19-8-4-2-5-9-19)26-21-12-14-22(15-13-21)27-24(29)20-16-25-28(17-20)23-10-6-3-7-11-23/h2-18,26H,1H3,(H,27,29). The molecule has 0 saturated heterocycles. The van der Waals surface area contributed by atoms with Crippen molar-refractivity contribution in [3.8, 4) is 5.69 Å². The van der Waals surface area contributed by atoms with Crippen LogP contribution in [-0.2, 0) is 0 Å². The molecule has 0 saturated carbocycles. The van der Waals surface area contributed by atoms with Gasteiger partial charge in [0, 0.05) is 23.6 Å². The van der Waals surface area contributed by atoms with E-state index < -0.39 is 0 Å². The normalized spacial score (nSPS) is 11.6. The fraction of sp³-hybridized carbons (Fsp3) is 0.0833. The number of para-hydroxylation sites is 1. The van der Waals surface area contributed by atoms with Gasteiger partial charge in [0.05, 0.1) is 17.4 Å². The lowest BCUT2D eigenvalue weighted by molar-refractivity contribution is 0.102. The molecule has 0 aliphatic heterocycles. The van der Waals surface area contributed by atoms with Crippen LogP contribution in [0.25, 0.3) is 5.69 Å². The highest BCUT2D eigenvalue weighted by molar-refractivity contribution is 6.04. The van der Waals surface area contributed by atoms with Crippen LogP contribution in [-0.4, -0.2) is 15.7 Å². The van der Waals surface area contributed by atoms with Crippen molar-refractivity contribution in [3.05, 3.63) is 108 Å². The predicted octanol–water partition coefficient (Wildman–Crippen LogP) is 5.30. The Balaban J connectivity index is 1.39. The molecular weight excluding hydrogens is 360 g/mol. The van der Waals surface area contributed by atoms with Crippen molar-refractivity contribution in [1.82, 2.24) is 9.78 Å². The number of carbonyl (C=O) groups is 1. The zero-order chi connectivity index (χ0) is 20.1. The topological polar surface area (TPSA) is 58.9 Å². The first-order valence-electron chi connectivity index (χ1n) is 9.52. The lowest BCUT2D eigenvalue weighted by atomic mass is 10.1. The van der Waals surface area contributed by atoms with E-state index in [0.717, 1.165) is 17.1 Å². The summed E-state index contributed by atoms with van der Waals surface area (Å²) in [5.74, 6) is -0.189. The molecular formula is C24H22N4O. The van der Waals surface area contributed by atoms with Gasteiger partial charge in [-0.05, 0) is 48.9 Å². The first-order valence-corrected chi connectivity index (χ1v) is 9.52. The minimum Gasteiger partial charge on any atom is -0.379 e. The molecule has 144 valence electrons. The van der Waals surface area contributed by atoms with E-state index in [1.807, 2.05) is 72.8 Å². The number of nitrogens with zero attached hydrogens (tertiary/aromatic N) is 2. The van der Waals surface area contributed by atoms with Crippen LogP contribution in [0.15, 0.2) is 97.3 Å². The molecule has 1 amide bonds. The Morgan fingerprint density at radius 1 is 0.862 bits per heavy atom.